The average molecular weight is 371 g/mol. The minimum absolute atomic E-state index is 0.337. The molecular weight excluding hydrogens is 354 g/mol. The molecule has 0 heterocycles. The molecule has 0 aliphatic heterocycles. The molecule has 14 nitrogen and oxygen atoms in total. The predicted octanol–water partition coefficient (Wildman–Crippen LogP) is 0.857. The molecule has 0 spiro atoms. The van der Waals surface area contributed by atoms with E-state index in [-0.39, 0.29) is 0 Å². The number of aromatic hydroxyl groups is 1. The number of benzene rings is 1. The summed E-state index contributed by atoms with van der Waals surface area (Å²) in [6.07, 6.45) is 0. The van der Waals surface area contributed by atoms with Gasteiger partial charge in [0.1, 0.15) is 0 Å². The van der Waals surface area contributed by atoms with Crippen LogP contribution in [0.3, 0.4) is 0 Å². The number of nitrogens with zero attached hydrogens (tertiary/aromatic N) is 5. The molecular formula is C12H17N7O7. The lowest BCUT2D eigenvalue weighted by Crippen LogP contribution is -2.31. The van der Waals surface area contributed by atoms with Gasteiger partial charge in [0, 0.05) is 13.1 Å². The second kappa shape index (κ2) is 10.1. The van der Waals surface area contributed by atoms with Gasteiger partial charge >= 0.3 is 11.4 Å². The largest absolute Gasteiger partial charge is 0.497 e. The third-order valence-electron chi connectivity index (χ3n) is 2.58. The zero-order valence-corrected chi connectivity index (χ0v) is 13.9. The van der Waals surface area contributed by atoms with Gasteiger partial charge in [-0.15, -0.1) is 0 Å². The number of hydrogen-bond acceptors (Lipinski definition) is 9. The van der Waals surface area contributed by atoms with Gasteiger partial charge in [0.2, 0.25) is 0 Å². The number of nitro groups is 3. The predicted molar refractivity (Wildman–Crippen MR) is 92.4 cm³/mol. The average Bonchev–Trinajstić information content (AvgIpc) is 2.55. The summed E-state index contributed by atoms with van der Waals surface area (Å²) in [4.78, 5) is 35.5. The Bertz CT molecular complexity index is 707. The van der Waals surface area contributed by atoms with Crippen molar-refractivity contribution in [2.45, 2.75) is 13.8 Å². The molecule has 0 unspecified atom stereocenters. The fraction of sp³-hybridized carbons (Fsp3) is 0.333. The van der Waals surface area contributed by atoms with Crippen LogP contribution >= 0.6 is 0 Å². The van der Waals surface area contributed by atoms with Crippen molar-refractivity contribution in [1.29, 1.82) is 0 Å². The van der Waals surface area contributed by atoms with Crippen molar-refractivity contribution in [3.8, 4) is 5.75 Å². The number of nitro benzene ring substituents is 3. The first-order valence-corrected chi connectivity index (χ1v) is 6.97. The van der Waals surface area contributed by atoms with Crippen molar-refractivity contribution in [3.05, 3.63) is 42.5 Å². The zero-order valence-electron chi connectivity index (χ0n) is 13.9. The van der Waals surface area contributed by atoms with Gasteiger partial charge in [-0.1, -0.05) is 0 Å². The summed E-state index contributed by atoms with van der Waals surface area (Å²) in [6.45, 7) is 5.08. The summed E-state index contributed by atoms with van der Waals surface area (Å²) in [7, 11) is 0. The fourth-order valence-corrected chi connectivity index (χ4v) is 1.48. The van der Waals surface area contributed by atoms with Crippen molar-refractivity contribution >= 4 is 28.7 Å². The first kappa shape index (κ1) is 22.2. The van der Waals surface area contributed by atoms with Crippen LogP contribution in [0, 0.1) is 30.3 Å². The van der Waals surface area contributed by atoms with Crippen molar-refractivity contribution in [2.24, 2.45) is 21.5 Å². The molecule has 0 saturated carbocycles. The summed E-state index contributed by atoms with van der Waals surface area (Å²) in [5.41, 5.74) is 7.81. The lowest BCUT2D eigenvalue weighted by Gasteiger charge is -1.97. The summed E-state index contributed by atoms with van der Waals surface area (Å²) in [5.74, 6) is -0.533. The van der Waals surface area contributed by atoms with E-state index in [1.807, 2.05) is 13.8 Å². The number of phenolic OH excluding ortho intramolecular Hbond substituents is 1. The lowest BCUT2D eigenvalue weighted by molar-refractivity contribution is -0.404. The molecule has 0 fully saturated rings. The molecule has 0 atom stereocenters. The third kappa shape index (κ3) is 6.34. The van der Waals surface area contributed by atoms with Gasteiger partial charge in [0.05, 0.1) is 26.9 Å². The fourth-order valence-electron chi connectivity index (χ4n) is 1.48. The number of nitrogens with two attached hydrogens (primary N) is 2. The molecule has 142 valence electrons. The summed E-state index contributed by atoms with van der Waals surface area (Å²) >= 11 is 0. The number of non-ortho nitro benzene ring substituents is 1. The Morgan fingerprint density at radius 1 is 0.923 bits per heavy atom. The zero-order chi connectivity index (χ0) is 20.4. The maximum atomic E-state index is 10.4. The van der Waals surface area contributed by atoms with Crippen LogP contribution in [-0.2, 0) is 0 Å². The summed E-state index contributed by atoms with van der Waals surface area (Å²) in [6, 6.07) is 0.894. The van der Waals surface area contributed by atoms with Gasteiger partial charge in [0.25, 0.3) is 11.4 Å². The quantitative estimate of drug-likeness (QED) is 0.288. The molecule has 26 heavy (non-hydrogen) atoms. The Balaban J connectivity index is 0.000000541. The van der Waals surface area contributed by atoms with Gasteiger partial charge in [0.15, 0.2) is 11.7 Å². The Morgan fingerprint density at radius 3 is 1.50 bits per heavy atom. The molecule has 0 radical (unpaired) electrons. The van der Waals surface area contributed by atoms with Crippen molar-refractivity contribution < 1.29 is 19.9 Å². The Morgan fingerprint density at radius 2 is 1.27 bits per heavy atom. The number of amidine groups is 2. The van der Waals surface area contributed by atoms with Crippen LogP contribution in [0.4, 0.5) is 17.1 Å². The van der Waals surface area contributed by atoms with E-state index in [1.165, 1.54) is 0 Å². The molecule has 0 bridgehead atoms. The maximum absolute atomic E-state index is 10.4. The van der Waals surface area contributed by atoms with Crippen LogP contribution in [0.2, 0.25) is 0 Å². The highest BCUT2D eigenvalue weighted by molar-refractivity contribution is 6.39. The van der Waals surface area contributed by atoms with Crippen LogP contribution in [0.15, 0.2) is 22.1 Å². The molecule has 14 heteroatoms. The maximum Gasteiger partial charge on any atom is 0.324 e. The molecule has 5 N–H and O–H groups in total. The van der Waals surface area contributed by atoms with E-state index in [0.717, 1.165) is 0 Å². The van der Waals surface area contributed by atoms with Crippen LogP contribution in [0.5, 0.6) is 5.75 Å². The molecule has 1 aromatic carbocycles. The monoisotopic (exact) mass is 371 g/mol. The number of phenols is 1. The second-order valence-electron chi connectivity index (χ2n) is 4.32. The topological polar surface area (TPSA) is 226 Å². The summed E-state index contributed by atoms with van der Waals surface area (Å²) < 4.78 is 0. The number of aliphatic imine (C=N–C) groups is 2. The van der Waals surface area contributed by atoms with Crippen molar-refractivity contribution in [2.75, 3.05) is 13.1 Å². The van der Waals surface area contributed by atoms with Gasteiger partial charge in [-0.25, -0.2) is 0 Å². The Labute approximate surface area is 146 Å². The van der Waals surface area contributed by atoms with Crippen LogP contribution in [0.1, 0.15) is 13.8 Å². The van der Waals surface area contributed by atoms with Crippen LogP contribution in [-0.4, -0.2) is 44.6 Å². The van der Waals surface area contributed by atoms with E-state index < -0.39 is 37.6 Å². The third-order valence-corrected chi connectivity index (χ3v) is 2.58. The molecule has 0 saturated heterocycles. The number of rotatable bonds is 5. The normalized spacial score (nSPS) is 11.3. The highest BCUT2D eigenvalue weighted by Crippen LogP contribution is 2.38. The molecule has 0 amide bonds. The van der Waals surface area contributed by atoms with Gasteiger partial charge in [-0.3, -0.25) is 40.3 Å². The molecule has 1 aromatic rings. The highest BCUT2D eigenvalue weighted by atomic mass is 16.6. The van der Waals surface area contributed by atoms with Crippen molar-refractivity contribution in [3.63, 3.8) is 0 Å². The highest BCUT2D eigenvalue weighted by Gasteiger charge is 2.30. The SMILES string of the molecule is CCN=C(N)C(N)=NCC.O=[N+]([O-])c1cc([N+](=O)[O-])c(O)c([N+](=O)[O-])c1. The Kier molecular flexibility index (Phi) is 8.62. The molecule has 0 aromatic heterocycles. The van der Waals surface area contributed by atoms with Gasteiger partial charge in [-0.05, 0) is 13.8 Å². The molecule has 0 aliphatic carbocycles. The minimum atomic E-state index is -1.21. The lowest BCUT2D eigenvalue weighted by atomic mass is 10.2. The van der Waals surface area contributed by atoms with E-state index in [1.54, 1.807) is 0 Å². The van der Waals surface area contributed by atoms with Gasteiger partial charge in [-0.2, -0.15) is 0 Å². The first-order valence-electron chi connectivity index (χ1n) is 6.97. The van der Waals surface area contributed by atoms with E-state index in [9.17, 15) is 30.3 Å². The van der Waals surface area contributed by atoms with E-state index in [4.69, 9.17) is 16.6 Å². The van der Waals surface area contributed by atoms with Crippen molar-refractivity contribution in [1.82, 2.24) is 0 Å². The van der Waals surface area contributed by atoms with E-state index in [0.29, 0.717) is 36.9 Å². The van der Waals surface area contributed by atoms with Gasteiger partial charge < -0.3 is 16.6 Å². The standard InChI is InChI=1S/C6H14N4.C6H3N3O7/c1-3-9-5(7)6(8)10-4-2;10-6-4(8(13)14)1-3(7(11)12)2-5(6)9(15)16/h3-4H2,1-2H3,(H2,7,9)(H2,8,10);1-2,10H. The number of hydrogen-bond donors (Lipinski definition) is 3. The van der Waals surface area contributed by atoms with Crippen LogP contribution in [0.25, 0.3) is 0 Å². The first-order chi connectivity index (χ1) is 12.1. The van der Waals surface area contributed by atoms with E-state index >= 15 is 0 Å². The summed E-state index contributed by atoms with van der Waals surface area (Å²) in [5, 5.41) is 40.2. The molecule has 1 rings (SSSR count). The smallest absolute Gasteiger partial charge is 0.324 e. The minimum Gasteiger partial charge on any atom is -0.497 e. The Hall–Kier alpha value is -3.84. The van der Waals surface area contributed by atoms with Crippen LogP contribution < -0.4 is 11.5 Å². The molecule has 0 aliphatic rings. The van der Waals surface area contributed by atoms with E-state index in [2.05, 4.69) is 9.98 Å². The second-order valence-corrected chi connectivity index (χ2v) is 4.32.